The standard InChI is InChI=1S/C32H56NO4/c1-3-4-5-6-7-8-9-10-11-12-13-14-15-21-26-36-27-32(28-37-29-32)30-22-18-20-25-33(30)24-19-16-17-23-31(34)35-2/h18,20,22,25H,3-17,19,21,23-24,26-29H2,1-2H3/q+1. The Bertz CT molecular complexity index is 704. The van der Waals surface area contributed by atoms with Gasteiger partial charge in [0.1, 0.15) is 12.0 Å². The summed E-state index contributed by atoms with van der Waals surface area (Å²) >= 11 is 0. The number of ether oxygens (including phenoxy) is 3. The Morgan fingerprint density at radius 3 is 2.00 bits per heavy atom. The van der Waals surface area contributed by atoms with E-state index in [-0.39, 0.29) is 11.4 Å². The topological polar surface area (TPSA) is 48.6 Å². The first kappa shape index (κ1) is 31.8. The Hall–Kier alpha value is -1.46. The van der Waals surface area contributed by atoms with E-state index in [4.69, 9.17) is 14.2 Å². The lowest BCUT2D eigenvalue weighted by Gasteiger charge is -2.38. The predicted octanol–water partition coefficient (Wildman–Crippen LogP) is 7.47. The second kappa shape index (κ2) is 20.5. The van der Waals surface area contributed by atoms with Gasteiger partial charge in [-0.1, -0.05) is 96.5 Å². The molecule has 5 heteroatoms. The molecule has 0 spiro atoms. The molecule has 0 atom stereocenters. The molecule has 212 valence electrons. The molecular formula is C32H56NO4+. The van der Waals surface area contributed by atoms with Crippen molar-refractivity contribution in [1.29, 1.82) is 0 Å². The Balaban J connectivity index is 1.53. The van der Waals surface area contributed by atoms with E-state index in [1.54, 1.807) is 0 Å². The third-order valence-corrected chi connectivity index (χ3v) is 7.77. The summed E-state index contributed by atoms with van der Waals surface area (Å²) in [5.41, 5.74) is 1.29. The molecule has 0 bridgehead atoms. The zero-order chi connectivity index (χ0) is 26.4. The minimum atomic E-state index is -0.116. The first-order valence-electron chi connectivity index (χ1n) is 15.4. The smallest absolute Gasteiger partial charge is 0.305 e. The Morgan fingerprint density at radius 2 is 1.43 bits per heavy atom. The summed E-state index contributed by atoms with van der Waals surface area (Å²) in [5, 5.41) is 0. The average Bonchev–Trinajstić information content (AvgIpc) is 2.89. The number of esters is 1. The van der Waals surface area contributed by atoms with Gasteiger partial charge in [-0.3, -0.25) is 4.79 Å². The van der Waals surface area contributed by atoms with E-state index in [1.165, 1.54) is 96.3 Å². The van der Waals surface area contributed by atoms with Crippen LogP contribution in [-0.4, -0.2) is 39.5 Å². The molecule has 1 aliphatic heterocycles. The fourth-order valence-electron chi connectivity index (χ4n) is 5.30. The van der Waals surface area contributed by atoms with Crippen LogP contribution >= 0.6 is 0 Å². The Kier molecular flexibility index (Phi) is 17.6. The van der Waals surface area contributed by atoms with Crippen molar-refractivity contribution >= 4 is 5.97 Å². The summed E-state index contributed by atoms with van der Waals surface area (Å²) in [6.07, 6.45) is 25.0. The zero-order valence-corrected chi connectivity index (χ0v) is 24.2. The Labute approximate surface area is 227 Å². The summed E-state index contributed by atoms with van der Waals surface area (Å²) < 4.78 is 19.0. The number of hydrogen-bond acceptors (Lipinski definition) is 4. The van der Waals surface area contributed by atoms with E-state index in [0.717, 1.165) is 58.7 Å². The summed E-state index contributed by atoms with van der Waals surface area (Å²) in [7, 11) is 1.45. The summed E-state index contributed by atoms with van der Waals surface area (Å²) in [6, 6.07) is 6.45. The summed E-state index contributed by atoms with van der Waals surface area (Å²) in [4.78, 5) is 11.3. The number of aromatic nitrogens is 1. The normalized spacial score (nSPS) is 14.4. The number of methoxy groups -OCH3 is 1. The van der Waals surface area contributed by atoms with Crippen LogP contribution in [0.2, 0.25) is 0 Å². The molecule has 5 nitrogen and oxygen atoms in total. The number of hydrogen-bond donors (Lipinski definition) is 0. The van der Waals surface area contributed by atoms with Crippen molar-refractivity contribution in [2.24, 2.45) is 0 Å². The fourth-order valence-corrected chi connectivity index (χ4v) is 5.30. The molecule has 0 aromatic carbocycles. The number of carbonyl (C=O) groups excluding carboxylic acids is 1. The van der Waals surface area contributed by atoms with Crippen LogP contribution in [-0.2, 0) is 31.0 Å². The van der Waals surface area contributed by atoms with Gasteiger partial charge >= 0.3 is 5.97 Å². The van der Waals surface area contributed by atoms with Gasteiger partial charge < -0.3 is 14.2 Å². The predicted molar refractivity (Wildman–Crippen MR) is 151 cm³/mol. The van der Waals surface area contributed by atoms with Gasteiger partial charge in [0.15, 0.2) is 11.9 Å². The van der Waals surface area contributed by atoms with Crippen LogP contribution in [0.3, 0.4) is 0 Å². The maximum Gasteiger partial charge on any atom is 0.305 e. The first-order valence-corrected chi connectivity index (χ1v) is 15.4. The van der Waals surface area contributed by atoms with Gasteiger partial charge in [-0.05, 0) is 19.3 Å². The van der Waals surface area contributed by atoms with Crippen molar-refractivity contribution in [3.8, 4) is 0 Å². The number of rotatable bonds is 24. The van der Waals surface area contributed by atoms with Crippen LogP contribution in [0.4, 0.5) is 0 Å². The van der Waals surface area contributed by atoms with Crippen molar-refractivity contribution in [3.05, 3.63) is 30.1 Å². The molecule has 1 aromatic rings. The molecule has 1 aliphatic rings. The quantitative estimate of drug-likeness (QED) is 0.0809. The molecular weight excluding hydrogens is 462 g/mol. The number of unbranched alkanes of at least 4 members (excludes halogenated alkanes) is 15. The molecule has 1 aromatic heterocycles. The highest BCUT2D eigenvalue weighted by Crippen LogP contribution is 2.31. The van der Waals surface area contributed by atoms with Crippen LogP contribution in [0.25, 0.3) is 0 Å². The van der Waals surface area contributed by atoms with Crippen LogP contribution < -0.4 is 4.57 Å². The van der Waals surface area contributed by atoms with E-state index in [9.17, 15) is 4.79 Å². The van der Waals surface area contributed by atoms with Gasteiger partial charge in [0.25, 0.3) is 0 Å². The second-order valence-corrected chi connectivity index (χ2v) is 11.1. The van der Waals surface area contributed by atoms with Gasteiger partial charge in [0.2, 0.25) is 0 Å². The lowest BCUT2D eigenvalue weighted by molar-refractivity contribution is -0.710. The number of nitrogens with zero attached hydrogens (tertiary/aromatic N) is 1. The highest BCUT2D eigenvalue weighted by molar-refractivity contribution is 5.68. The summed E-state index contributed by atoms with van der Waals surface area (Å²) in [6.45, 7) is 6.29. The molecule has 0 N–H and O–H groups in total. The molecule has 0 saturated carbocycles. The van der Waals surface area contributed by atoms with Crippen molar-refractivity contribution in [3.63, 3.8) is 0 Å². The van der Waals surface area contributed by atoms with Crippen molar-refractivity contribution in [2.75, 3.05) is 33.5 Å². The van der Waals surface area contributed by atoms with E-state index in [1.807, 2.05) is 0 Å². The van der Waals surface area contributed by atoms with Gasteiger partial charge in [-0.15, -0.1) is 0 Å². The van der Waals surface area contributed by atoms with Crippen LogP contribution in [0.5, 0.6) is 0 Å². The molecule has 0 radical (unpaired) electrons. The van der Waals surface area contributed by atoms with E-state index in [0.29, 0.717) is 6.42 Å². The van der Waals surface area contributed by atoms with Gasteiger partial charge in [0.05, 0.1) is 26.9 Å². The minimum absolute atomic E-state index is 0.0245. The van der Waals surface area contributed by atoms with E-state index in [2.05, 4.69) is 35.9 Å². The van der Waals surface area contributed by atoms with Gasteiger partial charge in [-0.2, -0.15) is 0 Å². The molecule has 0 aliphatic carbocycles. The molecule has 0 amide bonds. The lowest BCUT2D eigenvalue weighted by Crippen LogP contribution is -2.58. The molecule has 1 saturated heterocycles. The highest BCUT2D eigenvalue weighted by Gasteiger charge is 2.47. The van der Waals surface area contributed by atoms with Crippen LogP contribution in [0.1, 0.15) is 128 Å². The van der Waals surface area contributed by atoms with E-state index < -0.39 is 0 Å². The number of carbonyl (C=O) groups is 1. The molecule has 37 heavy (non-hydrogen) atoms. The van der Waals surface area contributed by atoms with Crippen LogP contribution in [0, 0.1) is 0 Å². The average molecular weight is 519 g/mol. The molecule has 0 unspecified atom stereocenters. The highest BCUT2D eigenvalue weighted by atomic mass is 16.5. The zero-order valence-electron chi connectivity index (χ0n) is 24.2. The maximum atomic E-state index is 11.3. The second-order valence-electron chi connectivity index (χ2n) is 11.1. The monoisotopic (exact) mass is 518 g/mol. The molecule has 1 fully saturated rings. The number of aryl methyl sites for hydroxylation is 1. The SMILES string of the molecule is CCCCCCCCCCCCCCCCOCC1(c2cccc[n+]2CCCCCC(=O)OC)COC1. The molecule has 2 rings (SSSR count). The largest absolute Gasteiger partial charge is 0.469 e. The van der Waals surface area contributed by atoms with Gasteiger partial charge in [-0.25, -0.2) is 4.57 Å². The first-order chi connectivity index (χ1) is 18.2. The third kappa shape index (κ3) is 13.2. The number of pyridine rings is 1. The Morgan fingerprint density at radius 1 is 0.838 bits per heavy atom. The summed E-state index contributed by atoms with van der Waals surface area (Å²) in [5.74, 6) is -0.116. The van der Waals surface area contributed by atoms with Crippen molar-refractivity contribution in [2.45, 2.75) is 134 Å². The van der Waals surface area contributed by atoms with Gasteiger partial charge in [0, 0.05) is 31.6 Å². The van der Waals surface area contributed by atoms with E-state index >= 15 is 0 Å². The fraction of sp³-hybridized carbons (Fsp3) is 0.812. The van der Waals surface area contributed by atoms with Crippen molar-refractivity contribution < 1.29 is 23.6 Å². The molecule has 2 heterocycles. The maximum absolute atomic E-state index is 11.3. The lowest BCUT2D eigenvalue weighted by atomic mass is 9.82. The van der Waals surface area contributed by atoms with Crippen LogP contribution in [0.15, 0.2) is 24.4 Å². The minimum Gasteiger partial charge on any atom is -0.469 e. The van der Waals surface area contributed by atoms with Crippen molar-refractivity contribution in [1.82, 2.24) is 0 Å². The third-order valence-electron chi connectivity index (χ3n) is 7.77.